The van der Waals surface area contributed by atoms with Crippen molar-refractivity contribution in [1.29, 1.82) is 0 Å². The van der Waals surface area contributed by atoms with Gasteiger partial charge >= 0.3 is 5.97 Å². The number of carboxylic acids is 1. The summed E-state index contributed by atoms with van der Waals surface area (Å²) in [5.74, 6) is -0.0557. The molecule has 0 saturated carbocycles. The van der Waals surface area contributed by atoms with Crippen molar-refractivity contribution in [1.82, 2.24) is 0 Å². The van der Waals surface area contributed by atoms with Gasteiger partial charge in [-0.25, -0.2) is 4.79 Å². The van der Waals surface area contributed by atoms with Gasteiger partial charge in [0.1, 0.15) is 5.75 Å². The van der Waals surface area contributed by atoms with Crippen LogP contribution in [0.25, 0.3) is 0 Å². The molecule has 4 heteroatoms. The number of carboxylic acid groups (broad SMARTS) is 1. The van der Waals surface area contributed by atoms with E-state index in [1.165, 1.54) is 11.8 Å². The first-order valence-electron chi connectivity index (χ1n) is 5.40. The fourth-order valence-corrected chi connectivity index (χ4v) is 2.43. The summed E-state index contributed by atoms with van der Waals surface area (Å²) in [5, 5.41) is 18.5. The van der Waals surface area contributed by atoms with Crippen molar-refractivity contribution in [3.8, 4) is 5.75 Å². The highest BCUT2D eigenvalue weighted by molar-refractivity contribution is 7.98. The van der Waals surface area contributed by atoms with Crippen LogP contribution in [0.3, 0.4) is 0 Å². The standard InChI is InChI=1S/C14H12O3S/c15-12-6-1-2-7-13(12)18-9-10-4-3-5-11(8-10)14(16)17/h1-8,15H,9H2,(H,16,17). The SMILES string of the molecule is O=C(O)c1cccc(CSc2ccccc2O)c1. The zero-order valence-corrected chi connectivity index (χ0v) is 10.4. The molecule has 0 saturated heterocycles. The molecule has 0 bridgehead atoms. The van der Waals surface area contributed by atoms with Gasteiger partial charge in [0, 0.05) is 10.6 Å². The highest BCUT2D eigenvalue weighted by Crippen LogP contribution is 2.30. The van der Waals surface area contributed by atoms with Crippen LogP contribution in [0.4, 0.5) is 0 Å². The number of carbonyl (C=O) groups is 1. The van der Waals surface area contributed by atoms with Gasteiger partial charge < -0.3 is 10.2 Å². The highest BCUT2D eigenvalue weighted by atomic mass is 32.2. The smallest absolute Gasteiger partial charge is 0.335 e. The van der Waals surface area contributed by atoms with Crippen molar-refractivity contribution in [3.63, 3.8) is 0 Å². The van der Waals surface area contributed by atoms with Gasteiger partial charge in [-0.05, 0) is 29.8 Å². The molecule has 0 unspecified atom stereocenters. The fraction of sp³-hybridized carbons (Fsp3) is 0.0714. The molecule has 18 heavy (non-hydrogen) atoms. The molecule has 0 spiro atoms. The number of phenols is 1. The summed E-state index contributed by atoms with van der Waals surface area (Å²) in [6.07, 6.45) is 0. The third-order valence-electron chi connectivity index (χ3n) is 2.43. The number of hydrogen-bond donors (Lipinski definition) is 2. The lowest BCUT2D eigenvalue weighted by molar-refractivity contribution is 0.0697. The average Bonchev–Trinajstić information content (AvgIpc) is 2.38. The van der Waals surface area contributed by atoms with E-state index in [2.05, 4.69) is 0 Å². The van der Waals surface area contributed by atoms with Gasteiger partial charge in [0.15, 0.2) is 0 Å². The number of aromatic hydroxyl groups is 1. The zero-order valence-electron chi connectivity index (χ0n) is 9.54. The summed E-state index contributed by atoms with van der Waals surface area (Å²) < 4.78 is 0. The van der Waals surface area contributed by atoms with E-state index in [1.807, 2.05) is 18.2 Å². The quantitative estimate of drug-likeness (QED) is 0.827. The van der Waals surface area contributed by atoms with Crippen molar-refractivity contribution in [2.45, 2.75) is 10.6 Å². The topological polar surface area (TPSA) is 57.5 Å². The lowest BCUT2D eigenvalue weighted by Crippen LogP contribution is -1.96. The lowest BCUT2D eigenvalue weighted by Gasteiger charge is -2.05. The molecule has 0 aromatic heterocycles. The minimum Gasteiger partial charge on any atom is -0.507 e. The molecule has 0 radical (unpaired) electrons. The number of rotatable bonds is 4. The van der Waals surface area contributed by atoms with Crippen LogP contribution in [0.15, 0.2) is 53.4 Å². The molecule has 0 amide bonds. The normalized spacial score (nSPS) is 10.2. The number of benzene rings is 2. The minimum absolute atomic E-state index is 0.247. The maximum Gasteiger partial charge on any atom is 0.335 e. The molecule has 0 atom stereocenters. The minimum atomic E-state index is -0.926. The molecule has 2 N–H and O–H groups in total. The molecule has 0 aliphatic carbocycles. The van der Waals surface area contributed by atoms with Crippen LogP contribution >= 0.6 is 11.8 Å². The van der Waals surface area contributed by atoms with Crippen molar-refractivity contribution >= 4 is 17.7 Å². The first kappa shape index (κ1) is 12.5. The number of phenolic OH excluding ortho intramolecular Hbond substituents is 1. The second-order valence-electron chi connectivity index (χ2n) is 3.76. The number of hydrogen-bond acceptors (Lipinski definition) is 3. The van der Waals surface area contributed by atoms with Crippen LogP contribution < -0.4 is 0 Å². The molecule has 2 aromatic carbocycles. The van der Waals surface area contributed by atoms with E-state index in [9.17, 15) is 9.90 Å². The van der Waals surface area contributed by atoms with E-state index in [0.717, 1.165) is 10.5 Å². The summed E-state index contributed by atoms with van der Waals surface area (Å²) in [6, 6.07) is 13.9. The Hall–Kier alpha value is -1.94. The third-order valence-corrected chi connectivity index (χ3v) is 3.57. The van der Waals surface area contributed by atoms with Crippen LogP contribution in [0.5, 0.6) is 5.75 Å². The third kappa shape index (κ3) is 3.05. The van der Waals surface area contributed by atoms with E-state index >= 15 is 0 Å². The molecule has 2 rings (SSSR count). The molecule has 0 fully saturated rings. The van der Waals surface area contributed by atoms with Gasteiger partial charge in [-0.1, -0.05) is 24.3 Å². The number of aromatic carboxylic acids is 1. The van der Waals surface area contributed by atoms with Crippen LogP contribution in [0.1, 0.15) is 15.9 Å². The Morgan fingerprint density at radius 2 is 1.89 bits per heavy atom. The van der Waals surface area contributed by atoms with E-state index in [-0.39, 0.29) is 11.3 Å². The molecule has 0 aliphatic heterocycles. The molecule has 0 aliphatic rings. The van der Waals surface area contributed by atoms with Gasteiger partial charge in [-0.2, -0.15) is 0 Å². The summed E-state index contributed by atoms with van der Waals surface area (Å²) in [4.78, 5) is 11.6. The van der Waals surface area contributed by atoms with E-state index < -0.39 is 5.97 Å². The maximum absolute atomic E-state index is 10.8. The summed E-state index contributed by atoms with van der Waals surface area (Å²) >= 11 is 1.48. The van der Waals surface area contributed by atoms with Crippen molar-refractivity contribution < 1.29 is 15.0 Å². The average molecular weight is 260 g/mol. The second-order valence-corrected chi connectivity index (χ2v) is 4.78. The van der Waals surface area contributed by atoms with Gasteiger partial charge in [0.25, 0.3) is 0 Å². The van der Waals surface area contributed by atoms with Crippen molar-refractivity contribution in [3.05, 3.63) is 59.7 Å². The number of para-hydroxylation sites is 1. The molecular formula is C14H12O3S. The van der Waals surface area contributed by atoms with Gasteiger partial charge in [0.05, 0.1) is 5.56 Å². The Kier molecular flexibility index (Phi) is 3.89. The second kappa shape index (κ2) is 5.60. The Bertz CT molecular complexity index is 566. The summed E-state index contributed by atoms with van der Waals surface area (Å²) in [7, 11) is 0. The molecular weight excluding hydrogens is 248 g/mol. The maximum atomic E-state index is 10.8. The fourth-order valence-electron chi connectivity index (χ4n) is 1.53. The predicted octanol–water partition coefficient (Wildman–Crippen LogP) is 3.38. The molecule has 2 aromatic rings. The molecule has 3 nitrogen and oxygen atoms in total. The zero-order chi connectivity index (χ0) is 13.0. The van der Waals surface area contributed by atoms with E-state index in [0.29, 0.717) is 5.75 Å². The number of thioether (sulfide) groups is 1. The monoisotopic (exact) mass is 260 g/mol. The first-order chi connectivity index (χ1) is 8.66. The Labute approximate surface area is 109 Å². The summed E-state index contributed by atoms with van der Waals surface area (Å²) in [6.45, 7) is 0. The van der Waals surface area contributed by atoms with Gasteiger partial charge in [-0.3, -0.25) is 0 Å². The molecule has 0 heterocycles. The van der Waals surface area contributed by atoms with Crippen LogP contribution in [-0.4, -0.2) is 16.2 Å². The van der Waals surface area contributed by atoms with Crippen molar-refractivity contribution in [2.24, 2.45) is 0 Å². The van der Waals surface area contributed by atoms with E-state index in [1.54, 1.807) is 30.3 Å². The Balaban J connectivity index is 2.09. The van der Waals surface area contributed by atoms with Gasteiger partial charge in [-0.15, -0.1) is 11.8 Å². The summed E-state index contributed by atoms with van der Waals surface area (Å²) in [5.41, 5.74) is 1.20. The van der Waals surface area contributed by atoms with Gasteiger partial charge in [0.2, 0.25) is 0 Å². The van der Waals surface area contributed by atoms with Crippen LogP contribution in [0, 0.1) is 0 Å². The van der Waals surface area contributed by atoms with Crippen LogP contribution in [-0.2, 0) is 5.75 Å². The first-order valence-corrected chi connectivity index (χ1v) is 6.38. The van der Waals surface area contributed by atoms with E-state index in [4.69, 9.17) is 5.11 Å². The largest absolute Gasteiger partial charge is 0.507 e. The Morgan fingerprint density at radius 1 is 1.11 bits per heavy atom. The highest BCUT2D eigenvalue weighted by Gasteiger charge is 2.05. The molecule has 92 valence electrons. The predicted molar refractivity (Wildman–Crippen MR) is 71.1 cm³/mol. The lowest BCUT2D eigenvalue weighted by atomic mass is 10.1. The van der Waals surface area contributed by atoms with Crippen molar-refractivity contribution in [2.75, 3.05) is 0 Å². The Morgan fingerprint density at radius 3 is 2.61 bits per heavy atom. The van der Waals surface area contributed by atoms with Crippen LogP contribution in [0.2, 0.25) is 0 Å².